The van der Waals surface area contributed by atoms with Gasteiger partial charge in [-0.2, -0.15) is 5.10 Å². The fraction of sp³-hybridized carbons (Fsp3) is 0.217. The second kappa shape index (κ2) is 9.13. The summed E-state index contributed by atoms with van der Waals surface area (Å²) in [5, 5.41) is 21.5. The molecular formula is C23H23N5O2S2. The van der Waals surface area contributed by atoms with Crippen LogP contribution in [0.1, 0.15) is 34.1 Å². The van der Waals surface area contributed by atoms with Crippen molar-refractivity contribution in [1.29, 1.82) is 0 Å². The summed E-state index contributed by atoms with van der Waals surface area (Å²) in [4.78, 5) is 21.6. The lowest BCUT2D eigenvalue weighted by molar-refractivity contribution is -0.114. The fourth-order valence-corrected chi connectivity index (χ4v) is 4.98. The number of aromatic hydroxyl groups is 1. The molecule has 0 atom stereocenters. The Labute approximate surface area is 194 Å². The number of hydrazone groups is 1. The Morgan fingerprint density at radius 1 is 1.22 bits per heavy atom. The number of carbonyl (C=O) groups is 1. The molecule has 1 aromatic carbocycles. The van der Waals surface area contributed by atoms with Crippen LogP contribution in [0.25, 0.3) is 0 Å². The van der Waals surface area contributed by atoms with Gasteiger partial charge in [-0.05, 0) is 43.9 Å². The average Bonchev–Trinajstić information content (AvgIpc) is 2.95. The van der Waals surface area contributed by atoms with Gasteiger partial charge in [-0.25, -0.2) is 10.0 Å². The molecule has 1 amide bonds. The normalized spacial score (nSPS) is 13.2. The van der Waals surface area contributed by atoms with Gasteiger partial charge in [0, 0.05) is 46.6 Å². The lowest BCUT2D eigenvalue weighted by Crippen LogP contribution is -2.24. The third kappa shape index (κ3) is 4.39. The van der Waals surface area contributed by atoms with Crippen molar-refractivity contribution in [2.75, 3.05) is 11.6 Å². The van der Waals surface area contributed by atoms with Crippen molar-refractivity contribution in [3.8, 4) is 5.75 Å². The first-order valence-corrected chi connectivity index (χ1v) is 12.0. The molecule has 0 saturated carbocycles. The third-order valence-corrected chi connectivity index (χ3v) is 6.87. The average molecular weight is 466 g/mol. The Morgan fingerprint density at radius 2 is 1.97 bits per heavy atom. The predicted octanol–water partition coefficient (Wildman–Crippen LogP) is 5.04. The lowest BCUT2D eigenvalue weighted by Gasteiger charge is -2.20. The molecular weight excluding hydrogens is 442 g/mol. The summed E-state index contributed by atoms with van der Waals surface area (Å²) in [6.07, 6.45) is 5.16. The first-order valence-electron chi connectivity index (χ1n) is 9.96. The number of amides is 1. The van der Waals surface area contributed by atoms with E-state index in [-0.39, 0.29) is 11.7 Å². The number of aliphatic imine (C=N–C) groups is 1. The van der Waals surface area contributed by atoms with Gasteiger partial charge in [-0.3, -0.25) is 9.78 Å². The highest BCUT2D eigenvalue weighted by molar-refractivity contribution is 8.13. The van der Waals surface area contributed by atoms with Crippen LogP contribution >= 0.6 is 23.1 Å². The second-order valence-corrected chi connectivity index (χ2v) is 9.31. The van der Waals surface area contributed by atoms with Crippen LogP contribution in [0.4, 0.5) is 10.7 Å². The van der Waals surface area contributed by atoms with Gasteiger partial charge in [-0.15, -0.1) is 11.3 Å². The standard InChI is InChI=1S/C23H23N5O2S2/c1-13-14(2)32-22-20(13)21(16-5-7-18(8-6-16)25-15(3)29)27-28(23(26-22)31-4)12-17-11-24-10-9-19(17)30/h5-11H,12H2,1-4H3,(H,24,30)(H,25,29). The Morgan fingerprint density at radius 3 is 2.62 bits per heavy atom. The van der Waals surface area contributed by atoms with Crippen molar-refractivity contribution in [1.82, 2.24) is 9.99 Å². The molecule has 0 fully saturated rings. The molecule has 3 heterocycles. The summed E-state index contributed by atoms with van der Waals surface area (Å²) in [7, 11) is 0. The first kappa shape index (κ1) is 22.0. The highest BCUT2D eigenvalue weighted by Crippen LogP contribution is 2.39. The minimum Gasteiger partial charge on any atom is -0.507 e. The maximum absolute atomic E-state index is 11.4. The van der Waals surface area contributed by atoms with Crippen molar-refractivity contribution in [3.05, 3.63) is 69.9 Å². The van der Waals surface area contributed by atoms with Crippen LogP contribution in [-0.2, 0) is 11.3 Å². The molecule has 7 nitrogen and oxygen atoms in total. The molecule has 0 saturated heterocycles. The zero-order valence-corrected chi connectivity index (χ0v) is 19.8. The highest BCUT2D eigenvalue weighted by atomic mass is 32.2. The Balaban J connectivity index is 1.84. The number of hydrogen-bond acceptors (Lipinski definition) is 8. The van der Waals surface area contributed by atoms with Gasteiger partial charge < -0.3 is 10.4 Å². The number of nitrogens with zero attached hydrogens (tertiary/aromatic N) is 4. The van der Waals surface area contributed by atoms with Gasteiger partial charge in [0.25, 0.3) is 0 Å². The number of thioether (sulfide) groups is 1. The number of hydrogen-bond donors (Lipinski definition) is 2. The van der Waals surface area contributed by atoms with Gasteiger partial charge in [-0.1, -0.05) is 23.9 Å². The van der Waals surface area contributed by atoms with Crippen molar-refractivity contribution >= 4 is 50.6 Å². The minimum absolute atomic E-state index is 0.114. The van der Waals surface area contributed by atoms with Crippen molar-refractivity contribution in [2.45, 2.75) is 27.3 Å². The maximum atomic E-state index is 11.4. The Hall–Kier alpha value is -3.17. The summed E-state index contributed by atoms with van der Waals surface area (Å²) < 4.78 is 0. The highest BCUT2D eigenvalue weighted by Gasteiger charge is 2.26. The van der Waals surface area contributed by atoms with Crippen LogP contribution in [-0.4, -0.2) is 38.1 Å². The monoisotopic (exact) mass is 465 g/mol. The second-order valence-electron chi connectivity index (χ2n) is 7.33. The summed E-state index contributed by atoms with van der Waals surface area (Å²) in [6.45, 7) is 5.99. The summed E-state index contributed by atoms with van der Waals surface area (Å²) >= 11 is 3.15. The van der Waals surface area contributed by atoms with Crippen LogP contribution in [0.5, 0.6) is 5.75 Å². The van der Waals surface area contributed by atoms with Crippen LogP contribution in [0.15, 0.2) is 52.8 Å². The number of amidine groups is 1. The maximum Gasteiger partial charge on any atom is 0.221 e. The molecule has 2 aromatic heterocycles. The Kier molecular flexibility index (Phi) is 6.29. The molecule has 0 unspecified atom stereocenters. The molecule has 32 heavy (non-hydrogen) atoms. The molecule has 4 rings (SSSR count). The van der Waals surface area contributed by atoms with E-state index in [9.17, 15) is 9.90 Å². The minimum atomic E-state index is -0.114. The molecule has 164 valence electrons. The van der Waals surface area contributed by atoms with Crippen molar-refractivity contribution < 1.29 is 9.90 Å². The van der Waals surface area contributed by atoms with Gasteiger partial charge in [0.2, 0.25) is 5.91 Å². The number of fused-ring (bicyclic) bond motifs is 1. The molecule has 0 bridgehead atoms. The first-order chi connectivity index (χ1) is 15.4. The van der Waals surface area contributed by atoms with E-state index in [0.717, 1.165) is 38.3 Å². The quantitative estimate of drug-likeness (QED) is 0.563. The van der Waals surface area contributed by atoms with E-state index in [0.29, 0.717) is 12.1 Å². The summed E-state index contributed by atoms with van der Waals surface area (Å²) in [5.41, 5.74) is 5.25. The molecule has 1 aliphatic rings. The summed E-state index contributed by atoms with van der Waals surface area (Å²) in [6, 6.07) is 9.20. The fourth-order valence-electron chi connectivity index (χ4n) is 3.40. The number of rotatable bonds is 4. The van der Waals surface area contributed by atoms with E-state index in [4.69, 9.17) is 10.1 Å². The Bertz CT molecular complexity index is 1230. The molecule has 0 spiro atoms. The lowest BCUT2D eigenvalue weighted by atomic mass is 10.00. The number of benzene rings is 1. The van der Waals surface area contributed by atoms with Crippen molar-refractivity contribution in [2.24, 2.45) is 10.1 Å². The topological polar surface area (TPSA) is 90.2 Å². The molecule has 0 aliphatic carbocycles. The van der Waals surface area contributed by atoms with E-state index in [1.807, 2.05) is 30.5 Å². The largest absolute Gasteiger partial charge is 0.507 e. The molecule has 3 aromatic rings. The number of nitrogens with one attached hydrogen (secondary N) is 1. The number of carbonyl (C=O) groups excluding carboxylic acids is 1. The summed E-state index contributed by atoms with van der Waals surface area (Å²) in [5.74, 6) is 0.0551. The number of pyridine rings is 1. The zero-order chi connectivity index (χ0) is 22.8. The smallest absolute Gasteiger partial charge is 0.221 e. The number of aryl methyl sites for hydroxylation is 1. The van der Waals surface area contributed by atoms with Crippen LogP contribution < -0.4 is 5.32 Å². The molecule has 9 heteroatoms. The van der Waals surface area contributed by atoms with Crippen molar-refractivity contribution in [3.63, 3.8) is 0 Å². The molecule has 1 aliphatic heterocycles. The van der Waals surface area contributed by atoms with Crippen LogP contribution in [0.2, 0.25) is 0 Å². The van der Waals surface area contributed by atoms with Crippen LogP contribution in [0.3, 0.4) is 0 Å². The number of thiophene rings is 1. The van der Waals surface area contributed by atoms with E-state index in [1.54, 1.807) is 34.8 Å². The van der Waals surface area contributed by atoms with Gasteiger partial charge in [0.05, 0.1) is 6.54 Å². The number of aromatic nitrogens is 1. The van der Waals surface area contributed by atoms with Gasteiger partial charge >= 0.3 is 0 Å². The SMILES string of the molecule is CSC1=Nc2sc(C)c(C)c2C(c2ccc(NC(C)=O)cc2)=NN1Cc1cnccc1O. The van der Waals surface area contributed by atoms with E-state index in [2.05, 4.69) is 24.1 Å². The number of anilines is 1. The zero-order valence-electron chi connectivity index (χ0n) is 18.2. The van der Waals surface area contributed by atoms with Crippen LogP contribution in [0, 0.1) is 13.8 Å². The van der Waals surface area contributed by atoms with E-state index >= 15 is 0 Å². The van der Waals surface area contributed by atoms with Gasteiger partial charge in [0.1, 0.15) is 16.5 Å². The molecule has 0 radical (unpaired) electrons. The van der Waals surface area contributed by atoms with E-state index < -0.39 is 0 Å². The van der Waals surface area contributed by atoms with Gasteiger partial charge in [0.15, 0.2) is 5.17 Å². The van der Waals surface area contributed by atoms with E-state index in [1.165, 1.54) is 23.6 Å². The molecule has 2 N–H and O–H groups in total. The third-order valence-electron chi connectivity index (χ3n) is 5.10. The predicted molar refractivity (Wildman–Crippen MR) is 132 cm³/mol.